The van der Waals surface area contributed by atoms with Crippen molar-refractivity contribution in [3.63, 3.8) is 0 Å². The van der Waals surface area contributed by atoms with Crippen molar-refractivity contribution >= 4 is 24.0 Å². The molecule has 0 heterocycles. The molecule has 0 fully saturated rings. The molecule has 1 aromatic carbocycles. The lowest BCUT2D eigenvalue weighted by molar-refractivity contribution is -0.137. The van der Waals surface area contributed by atoms with Crippen LogP contribution in [-0.4, -0.2) is 0 Å². The van der Waals surface area contributed by atoms with Gasteiger partial charge in [0, 0.05) is 11.1 Å². The van der Waals surface area contributed by atoms with Crippen molar-refractivity contribution in [1.29, 1.82) is 0 Å². The maximum absolute atomic E-state index is 12.6. The molecule has 0 radical (unpaired) electrons. The summed E-state index contributed by atoms with van der Waals surface area (Å²) in [5, 5.41) is 0.0639. The minimum absolute atomic E-state index is 0. The monoisotopic (exact) mass is 301 g/mol. The molecule has 104 valence electrons. The lowest BCUT2D eigenvalue weighted by Crippen LogP contribution is -2.14. The van der Waals surface area contributed by atoms with E-state index in [9.17, 15) is 13.2 Å². The molecule has 18 heavy (non-hydrogen) atoms. The van der Waals surface area contributed by atoms with E-state index in [1.807, 2.05) is 13.8 Å². The van der Waals surface area contributed by atoms with E-state index in [0.29, 0.717) is 17.9 Å². The standard InChI is InChI=1S/C12H15ClF3N.ClH/c1-7(2)3-11(17)8-4-9(12(14,15)16)6-10(13)5-8;/h4-7,11H,3,17H2,1-2H3;1H/t11-;/m1./s1. The first-order chi connectivity index (χ1) is 7.70. The molecule has 0 spiro atoms. The number of rotatable bonds is 3. The summed E-state index contributed by atoms with van der Waals surface area (Å²) in [4.78, 5) is 0. The zero-order valence-electron chi connectivity index (χ0n) is 10.1. The van der Waals surface area contributed by atoms with Crippen LogP contribution < -0.4 is 5.73 Å². The van der Waals surface area contributed by atoms with E-state index in [-0.39, 0.29) is 17.4 Å². The van der Waals surface area contributed by atoms with Gasteiger partial charge in [-0.3, -0.25) is 0 Å². The second-order valence-corrected chi connectivity index (χ2v) is 4.94. The third kappa shape index (κ3) is 5.04. The lowest BCUT2D eigenvalue weighted by atomic mass is 9.96. The summed E-state index contributed by atoms with van der Waals surface area (Å²) in [5.74, 6) is 0.318. The molecule has 2 N–H and O–H groups in total. The van der Waals surface area contributed by atoms with Crippen molar-refractivity contribution in [3.8, 4) is 0 Å². The van der Waals surface area contributed by atoms with Crippen LogP contribution in [0.15, 0.2) is 18.2 Å². The first-order valence-electron chi connectivity index (χ1n) is 5.33. The van der Waals surface area contributed by atoms with E-state index in [1.54, 1.807) is 0 Å². The molecule has 6 heteroatoms. The molecular formula is C12H16Cl2F3N. The molecule has 0 saturated carbocycles. The summed E-state index contributed by atoms with van der Waals surface area (Å²) in [6.07, 6.45) is -3.77. The molecule has 0 aliphatic rings. The Bertz CT molecular complexity index is 391. The number of benzene rings is 1. The smallest absolute Gasteiger partial charge is 0.324 e. The third-order valence-electron chi connectivity index (χ3n) is 2.40. The van der Waals surface area contributed by atoms with Crippen molar-refractivity contribution in [2.24, 2.45) is 11.7 Å². The largest absolute Gasteiger partial charge is 0.416 e. The predicted molar refractivity (Wildman–Crippen MR) is 70.1 cm³/mol. The molecule has 1 atom stereocenters. The summed E-state index contributed by atoms with van der Waals surface area (Å²) < 4.78 is 37.7. The number of alkyl halides is 3. The second kappa shape index (κ2) is 6.64. The van der Waals surface area contributed by atoms with E-state index >= 15 is 0 Å². The lowest BCUT2D eigenvalue weighted by Gasteiger charge is -2.17. The molecule has 1 nitrogen and oxygen atoms in total. The van der Waals surface area contributed by atoms with Crippen LogP contribution in [0.4, 0.5) is 13.2 Å². The molecule has 0 aliphatic heterocycles. The van der Waals surface area contributed by atoms with Crippen LogP contribution in [0.1, 0.15) is 37.4 Å². The fourth-order valence-electron chi connectivity index (χ4n) is 1.63. The average Bonchev–Trinajstić information content (AvgIpc) is 2.14. The van der Waals surface area contributed by atoms with Gasteiger partial charge in [0.2, 0.25) is 0 Å². The summed E-state index contributed by atoms with van der Waals surface area (Å²) >= 11 is 5.68. The molecule has 0 bridgehead atoms. The quantitative estimate of drug-likeness (QED) is 0.850. The Hall–Kier alpha value is -0.450. The molecule has 0 saturated heterocycles. The fraction of sp³-hybridized carbons (Fsp3) is 0.500. The van der Waals surface area contributed by atoms with E-state index in [4.69, 9.17) is 17.3 Å². The minimum atomic E-state index is -4.39. The Balaban J connectivity index is 0.00000289. The Kier molecular flexibility index (Phi) is 6.47. The molecule has 0 aliphatic carbocycles. The van der Waals surface area contributed by atoms with Crippen molar-refractivity contribution < 1.29 is 13.2 Å². The highest BCUT2D eigenvalue weighted by Crippen LogP contribution is 2.33. The van der Waals surface area contributed by atoms with Gasteiger partial charge in [0.05, 0.1) is 5.56 Å². The van der Waals surface area contributed by atoms with Gasteiger partial charge in [-0.2, -0.15) is 13.2 Å². The van der Waals surface area contributed by atoms with Crippen LogP contribution >= 0.6 is 24.0 Å². The molecule has 1 rings (SSSR count). The highest BCUT2D eigenvalue weighted by Gasteiger charge is 2.31. The predicted octanol–water partition coefficient (Wildman–Crippen LogP) is 4.83. The van der Waals surface area contributed by atoms with Crippen LogP contribution in [0.3, 0.4) is 0 Å². The number of hydrogen-bond donors (Lipinski definition) is 1. The number of halogens is 5. The molecule has 1 aromatic rings. The van der Waals surface area contributed by atoms with Crippen LogP contribution in [0.25, 0.3) is 0 Å². The minimum Gasteiger partial charge on any atom is -0.324 e. The Morgan fingerprint density at radius 1 is 1.22 bits per heavy atom. The van der Waals surface area contributed by atoms with Gasteiger partial charge in [-0.15, -0.1) is 12.4 Å². The Labute approximate surface area is 116 Å². The van der Waals surface area contributed by atoms with Crippen LogP contribution in [0, 0.1) is 5.92 Å². The Morgan fingerprint density at radius 2 is 1.78 bits per heavy atom. The van der Waals surface area contributed by atoms with Crippen LogP contribution in [-0.2, 0) is 6.18 Å². The summed E-state index contributed by atoms with van der Waals surface area (Å²) in [5.41, 5.74) is 5.53. The zero-order chi connectivity index (χ0) is 13.2. The first kappa shape index (κ1) is 17.6. The van der Waals surface area contributed by atoms with E-state index in [1.165, 1.54) is 6.07 Å². The molecule has 0 unspecified atom stereocenters. The number of hydrogen-bond acceptors (Lipinski definition) is 1. The molecule has 0 aromatic heterocycles. The summed E-state index contributed by atoms with van der Waals surface area (Å²) in [6, 6.07) is 3.05. The topological polar surface area (TPSA) is 26.0 Å². The maximum atomic E-state index is 12.6. The highest BCUT2D eigenvalue weighted by atomic mass is 35.5. The fourth-order valence-corrected chi connectivity index (χ4v) is 1.88. The first-order valence-corrected chi connectivity index (χ1v) is 5.71. The van der Waals surface area contributed by atoms with Crippen molar-refractivity contribution in [3.05, 3.63) is 34.3 Å². The SMILES string of the molecule is CC(C)C[C@@H](N)c1cc(Cl)cc(C(F)(F)F)c1.Cl. The van der Waals surface area contributed by atoms with Crippen molar-refractivity contribution in [1.82, 2.24) is 0 Å². The van der Waals surface area contributed by atoms with Gasteiger partial charge in [0.15, 0.2) is 0 Å². The van der Waals surface area contributed by atoms with E-state index < -0.39 is 17.8 Å². The van der Waals surface area contributed by atoms with Gasteiger partial charge in [0.25, 0.3) is 0 Å². The van der Waals surface area contributed by atoms with Gasteiger partial charge >= 0.3 is 6.18 Å². The van der Waals surface area contributed by atoms with Gasteiger partial charge in [-0.05, 0) is 36.1 Å². The van der Waals surface area contributed by atoms with Gasteiger partial charge in [-0.1, -0.05) is 25.4 Å². The van der Waals surface area contributed by atoms with Crippen LogP contribution in [0.5, 0.6) is 0 Å². The van der Waals surface area contributed by atoms with E-state index in [0.717, 1.165) is 12.1 Å². The Morgan fingerprint density at radius 3 is 2.22 bits per heavy atom. The van der Waals surface area contributed by atoms with E-state index in [2.05, 4.69) is 0 Å². The van der Waals surface area contributed by atoms with Gasteiger partial charge in [0.1, 0.15) is 0 Å². The summed E-state index contributed by atoms with van der Waals surface area (Å²) in [7, 11) is 0. The number of nitrogens with two attached hydrogens (primary N) is 1. The maximum Gasteiger partial charge on any atom is 0.416 e. The third-order valence-corrected chi connectivity index (χ3v) is 2.62. The zero-order valence-corrected chi connectivity index (χ0v) is 11.7. The van der Waals surface area contributed by atoms with Crippen molar-refractivity contribution in [2.45, 2.75) is 32.5 Å². The average molecular weight is 302 g/mol. The highest BCUT2D eigenvalue weighted by molar-refractivity contribution is 6.30. The summed E-state index contributed by atoms with van der Waals surface area (Å²) in [6.45, 7) is 3.93. The molecular weight excluding hydrogens is 286 g/mol. The van der Waals surface area contributed by atoms with Gasteiger partial charge < -0.3 is 5.73 Å². The normalized spacial score (nSPS) is 13.3. The van der Waals surface area contributed by atoms with Crippen LogP contribution in [0.2, 0.25) is 5.02 Å². The molecule has 0 amide bonds. The van der Waals surface area contributed by atoms with Gasteiger partial charge in [-0.25, -0.2) is 0 Å². The second-order valence-electron chi connectivity index (χ2n) is 4.51. The van der Waals surface area contributed by atoms with Crippen molar-refractivity contribution in [2.75, 3.05) is 0 Å².